The van der Waals surface area contributed by atoms with Crippen LogP contribution in [0.25, 0.3) is 27.7 Å². The lowest BCUT2D eigenvalue weighted by atomic mass is 9.99. The number of fused-ring (bicyclic) bond motifs is 1. The molecule has 1 aliphatic heterocycles. The van der Waals surface area contributed by atoms with Gasteiger partial charge in [0.15, 0.2) is 0 Å². The molecule has 0 bridgehead atoms. The number of allylic oxidation sites excluding steroid dienone is 1. The van der Waals surface area contributed by atoms with Gasteiger partial charge in [-0.3, -0.25) is 9.59 Å². The molecule has 3 aromatic rings. The summed E-state index contributed by atoms with van der Waals surface area (Å²) >= 11 is 0. The highest BCUT2D eigenvalue weighted by atomic mass is 16.5. The second kappa shape index (κ2) is 9.73. The van der Waals surface area contributed by atoms with Gasteiger partial charge in [0.2, 0.25) is 11.8 Å². The van der Waals surface area contributed by atoms with Crippen LogP contribution in [0, 0.1) is 0 Å². The summed E-state index contributed by atoms with van der Waals surface area (Å²) in [6.07, 6.45) is 5.66. The molecule has 1 saturated heterocycles. The van der Waals surface area contributed by atoms with Gasteiger partial charge in [-0.2, -0.15) is 0 Å². The van der Waals surface area contributed by atoms with Gasteiger partial charge < -0.3 is 19.4 Å². The first-order chi connectivity index (χ1) is 15.6. The lowest BCUT2D eigenvalue weighted by Crippen LogP contribution is -2.30. The smallest absolute Gasteiger partial charge is 0.244 e. The zero-order chi connectivity index (χ0) is 22.5. The lowest BCUT2D eigenvalue weighted by molar-refractivity contribution is -0.127. The van der Waals surface area contributed by atoms with Crippen molar-refractivity contribution in [2.45, 2.75) is 26.2 Å². The van der Waals surface area contributed by atoms with Gasteiger partial charge in [-0.25, -0.2) is 0 Å². The van der Waals surface area contributed by atoms with Crippen LogP contribution in [0.1, 0.15) is 31.7 Å². The zero-order valence-electron chi connectivity index (χ0n) is 18.5. The van der Waals surface area contributed by atoms with Crippen LogP contribution in [0.3, 0.4) is 0 Å². The van der Waals surface area contributed by atoms with Crippen LogP contribution >= 0.6 is 0 Å². The number of nitrogens with one attached hydrogen (secondary N) is 1. The standard InChI is InChI=1S/C26H28N2O4/c1-18(14-25(29)27-11-7-13-28-12-6-10-26(28)30)20-15-21-22(19-8-4-3-5-9-19)17-32-24(21)16-23(20)31-2/h3-5,8-9,14-17H,6-7,10-13H2,1-2H3,(H,27,29)/b18-14+. The number of ether oxygens (including phenoxy) is 1. The molecule has 2 heterocycles. The normalized spacial score (nSPS) is 14.2. The van der Waals surface area contributed by atoms with Crippen LogP contribution in [-0.4, -0.2) is 43.5 Å². The molecule has 4 rings (SSSR count). The Hall–Kier alpha value is -3.54. The Bertz CT molecular complexity index is 1150. The molecule has 0 atom stereocenters. The molecule has 0 unspecified atom stereocenters. The van der Waals surface area contributed by atoms with E-state index in [9.17, 15) is 9.59 Å². The van der Waals surface area contributed by atoms with Gasteiger partial charge in [-0.15, -0.1) is 0 Å². The molecule has 6 heteroatoms. The lowest BCUT2D eigenvalue weighted by Gasteiger charge is -2.15. The van der Waals surface area contributed by atoms with Crippen LogP contribution in [0.15, 0.2) is 59.2 Å². The van der Waals surface area contributed by atoms with Gasteiger partial charge in [0.25, 0.3) is 0 Å². The summed E-state index contributed by atoms with van der Waals surface area (Å²) in [7, 11) is 1.61. The van der Waals surface area contributed by atoms with Crippen molar-refractivity contribution in [3.8, 4) is 16.9 Å². The summed E-state index contributed by atoms with van der Waals surface area (Å²) in [5, 5.41) is 3.88. The van der Waals surface area contributed by atoms with Gasteiger partial charge in [0, 0.05) is 54.7 Å². The highest BCUT2D eigenvalue weighted by Gasteiger charge is 2.19. The van der Waals surface area contributed by atoms with E-state index in [1.54, 1.807) is 19.4 Å². The average Bonchev–Trinajstić information content (AvgIpc) is 3.41. The molecule has 1 N–H and O–H groups in total. The quantitative estimate of drug-likeness (QED) is 0.416. The Morgan fingerprint density at radius 1 is 1.25 bits per heavy atom. The molecule has 0 spiro atoms. The summed E-state index contributed by atoms with van der Waals surface area (Å²) in [5.74, 6) is 0.706. The van der Waals surface area contributed by atoms with Crippen molar-refractivity contribution in [3.63, 3.8) is 0 Å². The highest BCUT2D eigenvalue weighted by Crippen LogP contribution is 2.37. The van der Waals surface area contributed by atoms with E-state index in [0.29, 0.717) is 25.3 Å². The number of likely N-dealkylation sites (tertiary alicyclic amines) is 1. The first-order valence-electron chi connectivity index (χ1n) is 11.0. The highest BCUT2D eigenvalue weighted by molar-refractivity contribution is 6.00. The second-order valence-corrected chi connectivity index (χ2v) is 8.02. The Kier molecular flexibility index (Phi) is 6.59. The third-order valence-corrected chi connectivity index (χ3v) is 5.83. The van der Waals surface area contributed by atoms with E-state index in [4.69, 9.17) is 9.15 Å². The number of hydrogen-bond acceptors (Lipinski definition) is 4. The SMILES string of the molecule is COc1cc2occ(-c3ccccc3)c2cc1/C(C)=C/C(=O)NCCCN1CCCC1=O. The number of carbonyl (C=O) groups is 2. The van der Waals surface area contributed by atoms with Crippen molar-refractivity contribution in [3.05, 3.63) is 60.4 Å². The monoisotopic (exact) mass is 432 g/mol. The number of methoxy groups -OCH3 is 1. The minimum absolute atomic E-state index is 0.159. The maximum absolute atomic E-state index is 12.5. The Balaban J connectivity index is 1.48. The van der Waals surface area contributed by atoms with E-state index < -0.39 is 0 Å². The van der Waals surface area contributed by atoms with Crippen LogP contribution in [0.2, 0.25) is 0 Å². The van der Waals surface area contributed by atoms with Crippen LogP contribution in [0.4, 0.5) is 0 Å². The maximum atomic E-state index is 12.5. The number of carbonyl (C=O) groups excluding carboxylic acids is 2. The molecular formula is C26H28N2O4. The van der Waals surface area contributed by atoms with E-state index in [2.05, 4.69) is 5.32 Å². The van der Waals surface area contributed by atoms with Gasteiger partial charge >= 0.3 is 0 Å². The molecule has 0 saturated carbocycles. The minimum Gasteiger partial charge on any atom is -0.496 e. The molecule has 2 aromatic carbocycles. The van der Waals surface area contributed by atoms with E-state index in [-0.39, 0.29) is 11.8 Å². The van der Waals surface area contributed by atoms with Crippen LogP contribution in [-0.2, 0) is 9.59 Å². The van der Waals surface area contributed by atoms with Crippen LogP contribution in [0.5, 0.6) is 5.75 Å². The van der Waals surface area contributed by atoms with E-state index >= 15 is 0 Å². The summed E-state index contributed by atoms with van der Waals surface area (Å²) in [6, 6.07) is 13.9. The molecule has 6 nitrogen and oxygen atoms in total. The molecule has 1 aliphatic rings. The molecule has 2 amide bonds. The zero-order valence-corrected chi connectivity index (χ0v) is 18.5. The average molecular weight is 433 g/mol. The van der Waals surface area contributed by atoms with Crippen molar-refractivity contribution < 1.29 is 18.7 Å². The number of hydrogen-bond donors (Lipinski definition) is 1. The molecule has 1 fully saturated rings. The summed E-state index contributed by atoms with van der Waals surface area (Å²) in [6.45, 7) is 3.94. The Morgan fingerprint density at radius 3 is 2.78 bits per heavy atom. The van der Waals surface area contributed by atoms with Gasteiger partial charge in [-0.1, -0.05) is 30.3 Å². The van der Waals surface area contributed by atoms with Crippen LogP contribution < -0.4 is 10.1 Å². The van der Waals surface area contributed by atoms with Crippen molar-refractivity contribution in [1.82, 2.24) is 10.2 Å². The molecule has 166 valence electrons. The number of amides is 2. The number of furan rings is 1. The first kappa shape index (κ1) is 21.7. The molecule has 0 radical (unpaired) electrons. The minimum atomic E-state index is -0.159. The Labute approximate surface area is 187 Å². The fraction of sp³-hybridized carbons (Fsp3) is 0.308. The van der Waals surface area contributed by atoms with E-state index in [0.717, 1.165) is 52.6 Å². The van der Waals surface area contributed by atoms with Gasteiger partial charge in [-0.05, 0) is 37.0 Å². The summed E-state index contributed by atoms with van der Waals surface area (Å²) in [5.41, 5.74) is 4.45. The topological polar surface area (TPSA) is 71.8 Å². The fourth-order valence-electron chi connectivity index (χ4n) is 4.12. The van der Waals surface area contributed by atoms with Crippen molar-refractivity contribution in [2.24, 2.45) is 0 Å². The third-order valence-electron chi connectivity index (χ3n) is 5.83. The Morgan fingerprint density at radius 2 is 2.06 bits per heavy atom. The van der Waals surface area contributed by atoms with Crippen molar-refractivity contribution in [2.75, 3.05) is 26.7 Å². The van der Waals surface area contributed by atoms with Crippen molar-refractivity contribution in [1.29, 1.82) is 0 Å². The predicted octanol–water partition coefficient (Wildman–Crippen LogP) is 4.64. The number of nitrogens with zero attached hydrogens (tertiary/aromatic N) is 1. The van der Waals surface area contributed by atoms with E-state index in [1.165, 1.54) is 0 Å². The van der Waals surface area contributed by atoms with E-state index in [1.807, 2.05) is 54.3 Å². The summed E-state index contributed by atoms with van der Waals surface area (Å²) < 4.78 is 11.3. The number of benzene rings is 2. The molecule has 32 heavy (non-hydrogen) atoms. The largest absolute Gasteiger partial charge is 0.496 e. The maximum Gasteiger partial charge on any atom is 0.244 e. The predicted molar refractivity (Wildman–Crippen MR) is 125 cm³/mol. The summed E-state index contributed by atoms with van der Waals surface area (Å²) in [4.78, 5) is 26.0. The van der Waals surface area contributed by atoms with Gasteiger partial charge in [0.1, 0.15) is 11.3 Å². The van der Waals surface area contributed by atoms with Crippen molar-refractivity contribution >= 4 is 28.4 Å². The number of rotatable bonds is 8. The molecular weight excluding hydrogens is 404 g/mol. The fourth-order valence-corrected chi connectivity index (χ4v) is 4.12. The third kappa shape index (κ3) is 4.69. The second-order valence-electron chi connectivity index (χ2n) is 8.02. The molecule has 1 aromatic heterocycles. The first-order valence-corrected chi connectivity index (χ1v) is 11.0. The molecule has 0 aliphatic carbocycles. The van der Waals surface area contributed by atoms with Gasteiger partial charge in [0.05, 0.1) is 13.4 Å².